The second-order valence-electron chi connectivity index (χ2n) is 23.1. The van der Waals surface area contributed by atoms with Crippen molar-refractivity contribution in [2.24, 2.45) is 0 Å². The van der Waals surface area contributed by atoms with Crippen molar-refractivity contribution in [1.29, 1.82) is 0 Å². The number of imidazole rings is 4. The Kier molecular flexibility index (Phi) is 21.5. The largest absolute Gasteiger partial charge is 0.573 e. The number of furan rings is 2. The second kappa shape index (κ2) is 31.3. The van der Waals surface area contributed by atoms with E-state index in [0.717, 1.165) is 110 Å². The number of benzene rings is 8. The van der Waals surface area contributed by atoms with Gasteiger partial charge in [0.25, 0.3) is 0 Å². The van der Waals surface area contributed by atoms with Crippen LogP contribution in [0.1, 0.15) is 22.8 Å². The van der Waals surface area contributed by atoms with Gasteiger partial charge >= 0.3 is 6.36 Å². The van der Waals surface area contributed by atoms with Gasteiger partial charge in [-0.1, -0.05) is 172 Å². The van der Waals surface area contributed by atoms with Gasteiger partial charge in [-0.3, -0.25) is 0 Å². The molecular formula is C80H56BrCl3F5N9O3S2. The number of halogens is 9. The van der Waals surface area contributed by atoms with E-state index in [1.54, 1.807) is 72.0 Å². The van der Waals surface area contributed by atoms with Crippen LogP contribution in [0, 0.1) is 39.3 Å². The van der Waals surface area contributed by atoms with Crippen LogP contribution in [0.3, 0.4) is 0 Å². The van der Waals surface area contributed by atoms with Crippen molar-refractivity contribution >= 4 is 73.4 Å². The predicted octanol–water partition coefficient (Wildman–Crippen LogP) is 25.5. The van der Waals surface area contributed by atoms with Crippen molar-refractivity contribution in [3.8, 4) is 140 Å². The lowest BCUT2D eigenvalue weighted by atomic mass is 10.1. The molecule has 0 atom stereocenters. The van der Waals surface area contributed by atoms with Crippen LogP contribution >= 0.6 is 73.4 Å². The lowest BCUT2D eigenvalue weighted by molar-refractivity contribution is -0.274. The standard InChI is InChI=1S/C21H14ClF3N2O2.C20H13Cl2FN2O.C20H15FN2S.C19H14BrN3S/c1-12-19(13-6-2-4-8-15(13)22)27-20(26-12)18-11-10-16(28-18)14-7-3-5-9-17(14)29-21(23,24)25;1-11-19(12-2-5-14(23)6-3-12)25-20(24-11)18-9-8-17(26-18)15-7-4-13(21)10-16(15)22;1-13-19(14-7-3-2-4-8-14)23-20(22-13)18-12-11-17(24-18)15-9-5-6-10-16(15)21;1-12-17(13-6-3-2-4-7-13)23-18(21-12)16-11-24-19(22-16)14-8-5-9-15(20)10-14/h2-11H,1H3,(H,26,27);2-10H,1H3,(H,24,25);2-12H,1H3,(H,22,23);2-11H,1H3,(H,21,23). The molecule has 0 spiro atoms. The molecule has 23 heteroatoms. The number of nitrogens with one attached hydrogen (secondary N) is 4. The van der Waals surface area contributed by atoms with Gasteiger partial charge in [0.2, 0.25) is 0 Å². The number of alkyl halides is 3. The molecule has 514 valence electrons. The number of ether oxygens (including phenoxy) is 1. The third kappa shape index (κ3) is 16.8. The van der Waals surface area contributed by atoms with E-state index in [4.69, 9.17) is 58.6 Å². The maximum Gasteiger partial charge on any atom is 0.573 e. The van der Waals surface area contributed by atoms with Gasteiger partial charge in [-0.05, 0) is 143 Å². The summed E-state index contributed by atoms with van der Waals surface area (Å²) in [6.07, 6.45) is -4.80. The number of thiophene rings is 1. The number of para-hydroxylation sites is 1. The summed E-state index contributed by atoms with van der Waals surface area (Å²) in [6.45, 7) is 7.82. The molecule has 0 fully saturated rings. The molecule has 4 N–H and O–H groups in total. The topological polar surface area (TPSA) is 163 Å². The molecule has 0 radical (unpaired) electrons. The number of aromatic amines is 4. The van der Waals surface area contributed by atoms with Crippen molar-refractivity contribution in [2.75, 3.05) is 0 Å². The fourth-order valence-electron chi connectivity index (χ4n) is 11.1. The van der Waals surface area contributed by atoms with E-state index in [0.29, 0.717) is 55.3 Å². The number of hydrogen-bond donors (Lipinski definition) is 4. The molecule has 0 saturated heterocycles. The first-order chi connectivity index (χ1) is 49.7. The Balaban J connectivity index is 0.000000123. The summed E-state index contributed by atoms with van der Waals surface area (Å²) >= 11 is 25.1. The number of thiazole rings is 1. The summed E-state index contributed by atoms with van der Waals surface area (Å²) in [5.41, 5.74) is 14.4. The van der Waals surface area contributed by atoms with Crippen LogP contribution in [0.4, 0.5) is 22.0 Å². The number of H-pyrrole nitrogens is 4. The number of hydrogen-bond acceptors (Lipinski definition) is 10. The van der Waals surface area contributed by atoms with E-state index in [-0.39, 0.29) is 28.7 Å². The van der Waals surface area contributed by atoms with Gasteiger partial charge in [-0.15, -0.1) is 35.8 Å². The van der Waals surface area contributed by atoms with Crippen LogP contribution < -0.4 is 4.74 Å². The van der Waals surface area contributed by atoms with Crippen LogP contribution in [0.5, 0.6) is 5.75 Å². The van der Waals surface area contributed by atoms with Gasteiger partial charge in [0.1, 0.15) is 45.4 Å². The van der Waals surface area contributed by atoms with Gasteiger partial charge in [0.15, 0.2) is 29.0 Å². The maximum absolute atomic E-state index is 14.0. The minimum absolute atomic E-state index is 0.186. The maximum atomic E-state index is 14.0. The summed E-state index contributed by atoms with van der Waals surface area (Å²) in [7, 11) is 0. The van der Waals surface area contributed by atoms with E-state index < -0.39 is 6.36 Å². The molecule has 0 saturated carbocycles. The van der Waals surface area contributed by atoms with Crippen LogP contribution in [0.2, 0.25) is 15.1 Å². The Hall–Kier alpha value is -10.7. The van der Waals surface area contributed by atoms with Gasteiger partial charge in [0.05, 0.1) is 43.3 Å². The zero-order valence-electron chi connectivity index (χ0n) is 54.8. The zero-order chi connectivity index (χ0) is 71.9. The van der Waals surface area contributed by atoms with Crippen molar-refractivity contribution in [1.82, 2.24) is 44.9 Å². The molecule has 0 aliphatic heterocycles. The highest BCUT2D eigenvalue weighted by Crippen LogP contribution is 2.41. The molecule has 12 nitrogen and oxygen atoms in total. The van der Waals surface area contributed by atoms with E-state index in [1.165, 1.54) is 47.7 Å². The lowest BCUT2D eigenvalue weighted by Crippen LogP contribution is -2.17. The average molecular weight is 1540 g/mol. The summed E-state index contributed by atoms with van der Waals surface area (Å²) in [4.78, 5) is 38.3. The fraction of sp³-hybridized carbons (Fsp3) is 0.0625. The van der Waals surface area contributed by atoms with E-state index >= 15 is 0 Å². The van der Waals surface area contributed by atoms with Crippen molar-refractivity contribution in [3.05, 3.63) is 296 Å². The number of aromatic nitrogens is 9. The lowest BCUT2D eigenvalue weighted by Gasteiger charge is -2.11. The van der Waals surface area contributed by atoms with E-state index in [9.17, 15) is 22.0 Å². The highest BCUT2D eigenvalue weighted by Gasteiger charge is 2.33. The minimum Gasteiger partial charge on any atom is -0.453 e. The Morgan fingerprint density at radius 1 is 0.417 bits per heavy atom. The van der Waals surface area contributed by atoms with Crippen molar-refractivity contribution < 1.29 is 35.5 Å². The Labute approximate surface area is 619 Å². The van der Waals surface area contributed by atoms with E-state index in [2.05, 4.69) is 74.8 Å². The molecule has 0 unspecified atom stereocenters. The number of rotatable bonds is 13. The summed E-state index contributed by atoms with van der Waals surface area (Å²) in [5, 5.41) is 4.68. The molecule has 8 heterocycles. The molecule has 8 aromatic carbocycles. The first-order valence-electron chi connectivity index (χ1n) is 31.7. The molecule has 16 rings (SSSR count). The zero-order valence-corrected chi connectivity index (χ0v) is 60.3. The molecular weight excluding hydrogens is 1480 g/mol. The van der Waals surface area contributed by atoms with Crippen LogP contribution in [-0.2, 0) is 0 Å². The highest BCUT2D eigenvalue weighted by molar-refractivity contribution is 9.10. The van der Waals surface area contributed by atoms with Gasteiger partial charge in [0, 0.05) is 81.5 Å². The fourth-order valence-corrected chi connectivity index (χ4v) is 14.0. The van der Waals surface area contributed by atoms with Crippen LogP contribution in [-0.4, -0.2) is 51.2 Å². The molecule has 0 aliphatic carbocycles. The molecule has 103 heavy (non-hydrogen) atoms. The summed E-state index contributed by atoms with van der Waals surface area (Å²) < 4.78 is 81.9. The first kappa shape index (κ1) is 70.7. The minimum atomic E-state index is -4.80. The van der Waals surface area contributed by atoms with Gasteiger partial charge in [-0.25, -0.2) is 33.7 Å². The molecule has 0 amide bonds. The highest BCUT2D eigenvalue weighted by atomic mass is 79.9. The predicted molar refractivity (Wildman–Crippen MR) is 406 cm³/mol. The molecule has 8 aromatic heterocycles. The average Bonchev–Trinajstić information content (AvgIpc) is 1.73. The molecule has 0 bridgehead atoms. The third-order valence-electron chi connectivity index (χ3n) is 15.9. The molecule has 0 aliphatic rings. The van der Waals surface area contributed by atoms with Crippen molar-refractivity contribution in [3.63, 3.8) is 0 Å². The van der Waals surface area contributed by atoms with E-state index in [1.807, 2.05) is 148 Å². The Morgan fingerprint density at radius 2 is 0.913 bits per heavy atom. The Morgan fingerprint density at radius 3 is 1.52 bits per heavy atom. The van der Waals surface area contributed by atoms with Gasteiger partial charge in [-0.2, -0.15) is 0 Å². The van der Waals surface area contributed by atoms with Crippen LogP contribution in [0.15, 0.2) is 255 Å². The van der Waals surface area contributed by atoms with Crippen molar-refractivity contribution in [2.45, 2.75) is 34.1 Å². The monoisotopic (exact) mass is 1530 g/mol. The SMILES string of the molecule is Cc1[nH]c(-c2ccc(-c3ccc(Cl)cc3Cl)o2)nc1-c1ccc(F)cc1.Cc1[nH]c(-c2ccc(-c3ccccc3F)s2)nc1-c1ccccc1.Cc1[nH]c(-c2ccc(-c3ccccc3OC(F)(F)F)o2)nc1-c1ccccc1Cl.Cc1[nH]c(-c2csc(-c3cccc(Br)c3)n2)nc1-c1ccccc1. The first-order valence-corrected chi connectivity index (χ1v) is 35.3. The second-order valence-corrected chi connectivity index (χ2v) is 27.3. The summed E-state index contributed by atoms with van der Waals surface area (Å²) in [5.74, 6) is 3.66. The smallest absolute Gasteiger partial charge is 0.453 e. The normalized spacial score (nSPS) is 11.2. The number of aryl methyl sites for hydroxylation is 4. The number of nitrogens with zero attached hydrogens (tertiary/aromatic N) is 5. The summed E-state index contributed by atoms with van der Waals surface area (Å²) in [6, 6.07) is 70.7. The quantitative estimate of drug-likeness (QED) is 0.0829. The van der Waals surface area contributed by atoms with Crippen LogP contribution in [0.25, 0.3) is 134 Å². The molecule has 16 aromatic rings. The third-order valence-corrected chi connectivity index (χ3v) is 19.3. The van der Waals surface area contributed by atoms with Gasteiger partial charge < -0.3 is 33.5 Å². The Bertz CT molecular complexity index is 5610.